The molecule has 194 valence electrons. The molecule has 0 aliphatic carbocycles. The number of nitrogens with one attached hydrogen (secondary N) is 2. The Hall–Kier alpha value is -3.20. The van der Waals surface area contributed by atoms with Gasteiger partial charge in [0, 0.05) is 23.5 Å². The molecule has 0 spiro atoms. The van der Waals surface area contributed by atoms with Crippen LogP contribution in [0, 0.1) is 17.1 Å². The maximum atomic E-state index is 13.7. The Morgan fingerprint density at radius 1 is 1.05 bits per heavy atom. The summed E-state index contributed by atoms with van der Waals surface area (Å²) in [7, 11) is 0. The summed E-state index contributed by atoms with van der Waals surface area (Å²) in [6.07, 6.45) is 3.41. The van der Waals surface area contributed by atoms with Gasteiger partial charge < -0.3 is 16.4 Å². The quantitative estimate of drug-likeness (QED) is 0.178. The molecular weight excluding hydrogens is 485 g/mol. The maximum Gasteiger partial charge on any atom is 0.240 e. The summed E-state index contributed by atoms with van der Waals surface area (Å²) in [4.78, 5) is 16.5. The average Bonchev–Trinajstić information content (AvgIpc) is 2.91. The first kappa shape index (κ1) is 26.9. The summed E-state index contributed by atoms with van der Waals surface area (Å²) in [6.45, 7) is 2.14. The van der Waals surface area contributed by atoms with E-state index in [1.165, 1.54) is 24.1 Å². The first-order chi connectivity index (χ1) is 17.9. The lowest BCUT2D eigenvalue weighted by molar-refractivity contribution is -0.134. The van der Waals surface area contributed by atoms with Crippen LogP contribution in [0.3, 0.4) is 0 Å². The maximum absolute atomic E-state index is 13.7. The number of rotatable bonds is 10. The minimum Gasteiger partial charge on any atom is -0.384 e. The van der Waals surface area contributed by atoms with Gasteiger partial charge in [0.15, 0.2) is 0 Å². The lowest BCUT2D eigenvalue weighted by Gasteiger charge is -2.34. The summed E-state index contributed by atoms with van der Waals surface area (Å²) < 4.78 is 17.1. The molecule has 6 nitrogen and oxygen atoms in total. The number of nitrogens with zero attached hydrogens (tertiary/aromatic N) is 1. The molecule has 6 N–H and O–H groups in total. The lowest BCUT2D eigenvalue weighted by atomic mass is 9.93. The van der Waals surface area contributed by atoms with Gasteiger partial charge in [-0.05, 0) is 97.1 Å². The third-order valence-electron chi connectivity index (χ3n) is 6.79. The van der Waals surface area contributed by atoms with Crippen LogP contribution >= 0.6 is 11.9 Å². The van der Waals surface area contributed by atoms with Crippen LogP contribution in [0.1, 0.15) is 30.4 Å². The molecule has 37 heavy (non-hydrogen) atoms. The van der Waals surface area contributed by atoms with Crippen LogP contribution in [0.2, 0.25) is 0 Å². The minimum atomic E-state index is -0.462. The van der Waals surface area contributed by atoms with Gasteiger partial charge in [-0.25, -0.2) is 9.11 Å². The van der Waals surface area contributed by atoms with Crippen molar-refractivity contribution in [2.24, 2.45) is 17.4 Å². The fraction of sp³-hybridized carbons (Fsp3) is 0.310. The molecule has 1 aliphatic rings. The molecule has 1 aliphatic heterocycles. The largest absolute Gasteiger partial charge is 0.384 e. The normalized spacial score (nSPS) is 14.9. The molecule has 4 rings (SSSR count). The molecule has 0 bridgehead atoms. The van der Waals surface area contributed by atoms with Gasteiger partial charge in [-0.1, -0.05) is 42.5 Å². The highest BCUT2D eigenvalue weighted by Gasteiger charge is 2.28. The van der Waals surface area contributed by atoms with E-state index in [4.69, 9.17) is 16.9 Å². The summed E-state index contributed by atoms with van der Waals surface area (Å²) in [5, 5.41) is 7.76. The van der Waals surface area contributed by atoms with E-state index in [-0.39, 0.29) is 17.6 Å². The predicted molar refractivity (Wildman–Crippen MR) is 149 cm³/mol. The number of carbonyl (C=O) groups is 1. The Morgan fingerprint density at radius 2 is 1.76 bits per heavy atom. The van der Waals surface area contributed by atoms with Crippen LogP contribution < -0.4 is 16.2 Å². The number of amidine groups is 1. The number of likely N-dealkylation sites (tertiary alicyclic amines) is 1. The third-order valence-corrected chi connectivity index (χ3v) is 7.68. The van der Waals surface area contributed by atoms with Crippen LogP contribution in [0.5, 0.6) is 0 Å². The van der Waals surface area contributed by atoms with E-state index in [0.29, 0.717) is 24.4 Å². The summed E-state index contributed by atoms with van der Waals surface area (Å²) in [5.74, 6) is 0.367. The Morgan fingerprint density at radius 3 is 2.46 bits per heavy atom. The van der Waals surface area contributed by atoms with Gasteiger partial charge in [0.1, 0.15) is 17.7 Å². The molecule has 0 saturated carbocycles. The molecule has 3 aromatic carbocycles. The SMILES string of the molecule is N=C(N)c1cccc(CC(NSc2cccc(-c3cccc(F)c3)c2)C(=O)N2CCC(CCN)CC2)c1. The molecule has 1 amide bonds. The number of nitrogen functional groups attached to an aromatic ring is 1. The van der Waals surface area contributed by atoms with Crippen molar-refractivity contribution < 1.29 is 9.18 Å². The molecule has 8 heteroatoms. The van der Waals surface area contributed by atoms with Crippen molar-refractivity contribution in [3.8, 4) is 11.1 Å². The first-order valence-electron chi connectivity index (χ1n) is 12.6. The molecule has 3 aromatic rings. The van der Waals surface area contributed by atoms with Crippen LogP contribution in [-0.2, 0) is 11.2 Å². The number of carbonyl (C=O) groups excluding carboxylic acids is 1. The minimum absolute atomic E-state index is 0.00296. The molecular formula is C29H34FN5OS. The van der Waals surface area contributed by atoms with E-state index in [1.807, 2.05) is 53.4 Å². The Labute approximate surface area is 222 Å². The number of benzene rings is 3. The van der Waals surface area contributed by atoms with Crippen LogP contribution in [0.4, 0.5) is 4.39 Å². The number of nitrogens with two attached hydrogens (primary N) is 2. The number of hydrogen-bond acceptors (Lipinski definition) is 5. The van der Waals surface area contributed by atoms with Crippen molar-refractivity contribution in [2.75, 3.05) is 19.6 Å². The Kier molecular flexibility index (Phi) is 9.33. The highest BCUT2D eigenvalue weighted by atomic mass is 32.2. The number of amides is 1. The zero-order valence-corrected chi connectivity index (χ0v) is 21.6. The molecule has 1 saturated heterocycles. The van der Waals surface area contributed by atoms with E-state index in [9.17, 15) is 9.18 Å². The first-order valence-corrected chi connectivity index (χ1v) is 13.4. The fourth-order valence-corrected chi connectivity index (χ4v) is 5.52. The van der Waals surface area contributed by atoms with E-state index >= 15 is 0 Å². The Balaban J connectivity index is 1.50. The van der Waals surface area contributed by atoms with Crippen molar-refractivity contribution >= 4 is 23.7 Å². The number of halogens is 1. The zero-order valence-electron chi connectivity index (χ0n) is 20.8. The molecule has 0 aromatic heterocycles. The summed E-state index contributed by atoms with van der Waals surface area (Å²) >= 11 is 1.40. The van der Waals surface area contributed by atoms with E-state index < -0.39 is 6.04 Å². The molecule has 1 unspecified atom stereocenters. The van der Waals surface area contributed by atoms with Crippen molar-refractivity contribution in [1.29, 1.82) is 5.41 Å². The van der Waals surface area contributed by atoms with Crippen LogP contribution in [-0.4, -0.2) is 42.3 Å². The van der Waals surface area contributed by atoms with E-state index in [0.717, 1.165) is 53.9 Å². The second kappa shape index (κ2) is 12.9. The van der Waals surface area contributed by atoms with Gasteiger partial charge >= 0.3 is 0 Å². The average molecular weight is 520 g/mol. The van der Waals surface area contributed by atoms with Crippen LogP contribution in [0.25, 0.3) is 11.1 Å². The molecule has 1 heterocycles. The van der Waals surface area contributed by atoms with Crippen LogP contribution in [0.15, 0.2) is 77.7 Å². The van der Waals surface area contributed by atoms with Crippen molar-refractivity contribution in [1.82, 2.24) is 9.62 Å². The standard InChI is InChI=1S/C29H34FN5OS/c30-25-8-2-5-22(18-25)23-6-3-9-26(19-23)37-34-27(17-21-4-1-7-24(16-21)28(32)33)29(36)35-14-11-20(10-13-31)12-15-35/h1-9,16,18-20,27,34H,10-15,17,31H2,(H3,32,33). The molecule has 1 atom stereocenters. The van der Waals surface area contributed by atoms with Gasteiger partial charge in [0.2, 0.25) is 5.91 Å². The monoisotopic (exact) mass is 519 g/mol. The van der Waals surface area contributed by atoms with Gasteiger partial charge in [-0.3, -0.25) is 10.2 Å². The summed E-state index contributed by atoms with van der Waals surface area (Å²) in [5.41, 5.74) is 14.7. The zero-order chi connectivity index (χ0) is 26.2. The highest BCUT2D eigenvalue weighted by Crippen LogP contribution is 2.26. The van der Waals surface area contributed by atoms with Gasteiger partial charge in [0.05, 0.1) is 0 Å². The highest BCUT2D eigenvalue weighted by molar-refractivity contribution is 7.97. The fourth-order valence-electron chi connectivity index (χ4n) is 4.73. The molecule has 1 fully saturated rings. The van der Waals surface area contributed by atoms with E-state index in [1.54, 1.807) is 12.1 Å². The topological polar surface area (TPSA) is 108 Å². The van der Waals surface area contributed by atoms with E-state index in [2.05, 4.69) is 4.72 Å². The van der Waals surface area contributed by atoms with Gasteiger partial charge in [-0.2, -0.15) is 0 Å². The third kappa shape index (κ3) is 7.41. The summed E-state index contributed by atoms with van der Waals surface area (Å²) in [6, 6.07) is 21.4. The second-order valence-corrected chi connectivity index (χ2v) is 10.4. The van der Waals surface area contributed by atoms with Gasteiger partial charge in [0.25, 0.3) is 0 Å². The molecule has 0 radical (unpaired) electrons. The second-order valence-electron chi connectivity index (χ2n) is 9.47. The number of piperidine rings is 1. The van der Waals surface area contributed by atoms with Crippen molar-refractivity contribution in [3.05, 3.63) is 89.7 Å². The van der Waals surface area contributed by atoms with Gasteiger partial charge in [-0.15, -0.1) is 0 Å². The number of hydrogen-bond donors (Lipinski definition) is 4. The Bertz CT molecular complexity index is 1230. The smallest absolute Gasteiger partial charge is 0.240 e. The van der Waals surface area contributed by atoms with Crippen molar-refractivity contribution in [3.63, 3.8) is 0 Å². The van der Waals surface area contributed by atoms with Crippen molar-refractivity contribution in [2.45, 2.75) is 36.6 Å². The lowest BCUT2D eigenvalue weighted by Crippen LogP contribution is -2.48. The predicted octanol–water partition coefficient (Wildman–Crippen LogP) is 4.57.